The molecule has 2 heterocycles. The van der Waals surface area contributed by atoms with Crippen LogP contribution in [0.3, 0.4) is 0 Å². The first kappa shape index (κ1) is 20.4. The Hall–Kier alpha value is -1.66. The Balaban J connectivity index is 0.000000671. The third-order valence-electron chi connectivity index (χ3n) is 4.13. The maximum atomic E-state index is 12.1. The van der Waals surface area contributed by atoms with Crippen LogP contribution in [0.2, 0.25) is 0 Å². The van der Waals surface area contributed by atoms with Crippen LogP contribution in [0.1, 0.15) is 69.8 Å². The Morgan fingerprint density at radius 2 is 1.71 bits per heavy atom. The van der Waals surface area contributed by atoms with Crippen molar-refractivity contribution in [2.45, 2.75) is 65.2 Å². The molecule has 1 aromatic rings. The number of carboxylic acid groups (broad SMARTS) is 1. The fourth-order valence-corrected chi connectivity index (χ4v) is 3.07. The lowest BCUT2D eigenvalue weighted by Gasteiger charge is -2.36. The van der Waals surface area contributed by atoms with Crippen molar-refractivity contribution in [2.75, 3.05) is 13.2 Å². The van der Waals surface area contributed by atoms with E-state index in [9.17, 15) is 9.59 Å². The number of rotatable bonds is 2. The van der Waals surface area contributed by atoms with Gasteiger partial charge in [-0.25, -0.2) is 4.79 Å². The molecule has 2 fully saturated rings. The number of carbonyl (C=O) groups is 1. The first-order chi connectivity index (χ1) is 11.6. The minimum Gasteiger partial charge on any atom is -0.477 e. The van der Waals surface area contributed by atoms with Gasteiger partial charge in [0.15, 0.2) is 5.79 Å². The minimum absolute atomic E-state index is 0.0141. The van der Waals surface area contributed by atoms with E-state index in [2.05, 4.69) is 0 Å². The second kappa shape index (κ2) is 9.59. The second-order valence-corrected chi connectivity index (χ2v) is 5.28. The number of aromatic carboxylic acids is 1. The monoisotopic (exact) mass is 339 g/mol. The Morgan fingerprint density at radius 1 is 1.17 bits per heavy atom. The summed E-state index contributed by atoms with van der Waals surface area (Å²) in [6.07, 6.45) is 4.64. The third kappa shape index (κ3) is 4.45. The highest BCUT2D eigenvalue weighted by Crippen LogP contribution is 2.39. The summed E-state index contributed by atoms with van der Waals surface area (Å²) in [5, 5.41) is 9.00. The van der Waals surface area contributed by atoms with E-state index in [1.165, 1.54) is 10.6 Å². The number of aromatic nitrogens is 1. The topological polar surface area (TPSA) is 77.8 Å². The van der Waals surface area contributed by atoms with Crippen LogP contribution in [0.15, 0.2) is 23.1 Å². The first-order valence-electron chi connectivity index (χ1n) is 8.84. The first-order valence-corrected chi connectivity index (χ1v) is 8.84. The molecule has 0 aromatic carbocycles. The molecule has 0 atom stereocenters. The van der Waals surface area contributed by atoms with E-state index in [0.717, 1.165) is 25.7 Å². The maximum Gasteiger partial charge on any atom is 0.341 e. The van der Waals surface area contributed by atoms with Gasteiger partial charge in [0.05, 0.1) is 13.2 Å². The van der Waals surface area contributed by atoms with Gasteiger partial charge in [0.25, 0.3) is 5.56 Å². The SMILES string of the molecule is CC.CC.O=C(O)c1cccn(C2CCC3(CC2)OCCO3)c1=O. The molecule has 6 nitrogen and oxygen atoms in total. The van der Waals surface area contributed by atoms with E-state index in [0.29, 0.717) is 13.2 Å². The minimum atomic E-state index is -1.18. The number of hydrogen-bond donors (Lipinski definition) is 1. The van der Waals surface area contributed by atoms with Crippen molar-refractivity contribution >= 4 is 5.97 Å². The highest BCUT2D eigenvalue weighted by molar-refractivity contribution is 5.86. The number of hydrogen-bond acceptors (Lipinski definition) is 4. The predicted octanol–water partition coefficient (Wildman–Crippen LogP) is 3.46. The average molecular weight is 339 g/mol. The maximum absolute atomic E-state index is 12.1. The molecule has 2 aliphatic rings. The van der Waals surface area contributed by atoms with Crippen LogP contribution in [0.4, 0.5) is 0 Å². The zero-order valence-electron chi connectivity index (χ0n) is 15.1. The standard InChI is InChI=1S/C14H17NO5.2C2H6/c16-12-11(13(17)18)2-1-7-15(12)10-3-5-14(6-4-10)19-8-9-20-14;2*1-2/h1-2,7,10H,3-6,8-9H2,(H,17,18);2*1-2H3. The molecular weight excluding hydrogens is 310 g/mol. The fraction of sp³-hybridized carbons (Fsp3) is 0.667. The van der Waals surface area contributed by atoms with Crippen molar-refractivity contribution < 1.29 is 19.4 Å². The Bertz CT molecular complexity index is 565. The summed E-state index contributed by atoms with van der Waals surface area (Å²) < 4.78 is 12.8. The van der Waals surface area contributed by atoms with Crippen LogP contribution in [0.25, 0.3) is 0 Å². The molecule has 1 N–H and O–H groups in total. The average Bonchev–Trinajstić information content (AvgIpc) is 3.07. The molecule has 0 amide bonds. The molecule has 1 aliphatic heterocycles. The van der Waals surface area contributed by atoms with E-state index in [4.69, 9.17) is 14.6 Å². The number of nitrogens with zero attached hydrogens (tertiary/aromatic N) is 1. The second-order valence-electron chi connectivity index (χ2n) is 5.28. The summed E-state index contributed by atoms with van der Waals surface area (Å²) in [6, 6.07) is 2.96. The van der Waals surface area contributed by atoms with E-state index < -0.39 is 17.3 Å². The van der Waals surface area contributed by atoms with Gasteiger partial charge >= 0.3 is 5.97 Å². The highest BCUT2D eigenvalue weighted by atomic mass is 16.7. The van der Waals surface area contributed by atoms with Crippen molar-refractivity contribution in [2.24, 2.45) is 0 Å². The van der Waals surface area contributed by atoms with Crippen molar-refractivity contribution in [3.05, 3.63) is 34.2 Å². The zero-order chi connectivity index (χ0) is 18.2. The molecule has 1 saturated heterocycles. The van der Waals surface area contributed by atoms with Crippen LogP contribution in [-0.2, 0) is 9.47 Å². The van der Waals surface area contributed by atoms with Gasteiger partial charge in [-0.05, 0) is 25.0 Å². The van der Waals surface area contributed by atoms with E-state index in [-0.39, 0.29) is 11.6 Å². The van der Waals surface area contributed by atoms with Crippen LogP contribution in [-0.4, -0.2) is 34.6 Å². The van der Waals surface area contributed by atoms with Gasteiger partial charge in [0.1, 0.15) is 5.56 Å². The lowest BCUT2D eigenvalue weighted by Crippen LogP contribution is -2.38. The molecule has 1 saturated carbocycles. The largest absolute Gasteiger partial charge is 0.477 e. The summed E-state index contributed by atoms with van der Waals surface area (Å²) >= 11 is 0. The summed E-state index contributed by atoms with van der Waals surface area (Å²) in [4.78, 5) is 23.1. The molecule has 1 aromatic heterocycles. The van der Waals surface area contributed by atoms with Gasteiger partial charge in [0.2, 0.25) is 0 Å². The number of carboxylic acids is 1. The molecule has 6 heteroatoms. The molecule has 136 valence electrons. The molecule has 3 rings (SSSR count). The van der Waals surface area contributed by atoms with Crippen molar-refractivity contribution in [1.29, 1.82) is 0 Å². The fourth-order valence-electron chi connectivity index (χ4n) is 3.07. The molecule has 1 spiro atoms. The quantitative estimate of drug-likeness (QED) is 0.893. The van der Waals surface area contributed by atoms with Gasteiger partial charge in [-0.1, -0.05) is 27.7 Å². The lowest BCUT2D eigenvalue weighted by molar-refractivity contribution is -0.181. The normalized spacial score (nSPS) is 19.0. The van der Waals surface area contributed by atoms with Gasteiger partial charge in [0, 0.05) is 25.1 Å². The molecule has 0 radical (unpaired) electrons. The predicted molar refractivity (Wildman–Crippen MR) is 92.5 cm³/mol. The smallest absolute Gasteiger partial charge is 0.341 e. The van der Waals surface area contributed by atoms with Crippen molar-refractivity contribution in [1.82, 2.24) is 4.57 Å². The molecule has 24 heavy (non-hydrogen) atoms. The zero-order valence-corrected chi connectivity index (χ0v) is 15.1. The summed E-state index contributed by atoms with van der Waals surface area (Å²) in [7, 11) is 0. The lowest BCUT2D eigenvalue weighted by atomic mass is 9.89. The highest BCUT2D eigenvalue weighted by Gasteiger charge is 2.40. The summed E-state index contributed by atoms with van der Waals surface area (Å²) in [5.41, 5.74) is -0.615. The molecule has 0 bridgehead atoms. The van der Waals surface area contributed by atoms with Crippen LogP contribution < -0.4 is 5.56 Å². The Morgan fingerprint density at radius 3 is 2.21 bits per heavy atom. The van der Waals surface area contributed by atoms with Crippen LogP contribution >= 0.6 is 0 Å². The van der Waals surface area contributed by atoms with Crippen LogP contribution in [0.5, 0.6) is 0 Å². The van der Waals surface area contributed by atoms with E-state index >= 15 is 0 Å². The van der Waals surface area contributed by atoms with Crippen LogP contribution in [0, 0.1) is 0 Å². The van der Waals surface area contributed by atoms with Gasteiger partial charge in [-0.15, -0.1) is 0 Å². The third-order valence-corrected chi connectivity index (χ3v) is 4.13. The Labute approximate surface area is 143 Å². The van der Waals surface area contributed by atoms with Gasteiger partial charge < -0.3 is 19.1 Å². The van der Waals surface area contributed by atoms with Crippen molar-refractivity contribution in [3.8, 4) is 0 Å². The van der Waals surface area contributed by atoms with Crippen molar-refractivity contribution in [3.63, 3.8) is 0 Å². The summed E-state index contributed by atoms with van der Waals surface area (Å²) in [5.74, 6) is -1.65. The van der Waals surface area contributed by atoms with Gasteiger partial charge in [-0.3, -0.25) is 4.79 Å². The molecular formula is C18H29NO5. The number of pyridine rings is 1. The number of ether oxygens (including phenoxy) is 2. The summed E-state index contributed by atoms with van der Waals surface area (Å²) in [6.45, 7) is 9.25. The Kier molecular flexibility index (Phi) is 8.15. The van der Waals surface area contributed by atoms with Gasteiger partial charge in [-0.2, -0.15) is 0 Å². The van der Waals surface area contributed by atoms with E-state index in [1.54, 1.807) is 12.3 Å². The molecule has 0 unspecified atom stereocenters. The molecule has 1 aliphatic carbocycles. The van der Waals surface area contributed by atoms with E-state index in [1.807, 2.05) is 27.7 Å².